The number of benzene rings is 3. The van der Waals surface area contributed by atoms with Crippen LogP contribution in [-0.2, 0) is 16.1 Å². The lowest BCUT2D eigenvalue weighted by atomic mass is 10.2. The second-order valence-electron chi connectivity index (χ2n) is 6.63. The molecule has 3 aromatic rings. The summed E-state index contributed by atoms with van der Waals surface area (Å²) in [6, 6.07) is 18.7. The van der Waals surface area contributed by atoms with Crippen molar-refractivity contribution in [2.45, 2.75) is 6.61 Å². The van der Waals surface area contributed by atoms with Gasteiger partial charge in [0, 0.05) is 17.7 Å². The van der Waals surface area contributed by atoms with Gasteiger partial charge in [-0.2, -0.15) is 0 Å². The molecule has 0 unspecified atom stereocenters. The molecular formula is C23H15FN2O5. The van der Waals surface area contributed by atoms with E-state index in [1.54, 1.807) is 42.5 Å². The monoisotopic (exact) mass is 418 g/mol. The Morgan fingerprint density at radius 1 is 1.06 bits per heavy atom. The maximum atomic E-state index is 13.2. The van der Waals surface area contributed by atoms with Gasteiger partial charge in [0.05, 0.1) is 4.92 Å². The third kappa shape index (κ3) is 4.81. The molecule has 0 fully saturated rings. The number of hydrogen-bond acceptors (Lipinski definition) is 6. The summed E-state index contributed by atoms with van der Waals surface area (Å²) >= 11 is 0. The van der Waals surface area contributed by atoms with Gasteiger partial charge in [-0.1, -0.05) is 24.3 Å². The van der Waals surface area contributed by atoms with Crippen molar-refractivity contribution in [1.29, 1.82) is 0 Å². The Balaban J connectivity index is 1.45. The van der Waals surface area contributed by atoms with E-state index in [4.69, 9.17) is 9.47 Å². The van der Waals surface area contributed by atoms with Crippen LogP contribution in [-0.4, -0.2) is 16.8 Å². The molecule has 1 aliphatic heterocycles. The van der Waals surface area contributed by atoms with E-state index in [9.17, 15) is 19.3 Å². The van der Waals surface area contributed by atoms with Gasteiger partial charge in [-0.05, 0) is 53.6 Å². The van der Waals surface area contributed by atoms with Gasteiger partial charge in [0.2, 0.25) is 5.90 Å². The fraction of sp³-hybridized carbons (Fsp3) is 0.0435. The highest BCUT2D eigenvalue weighted by atomic mass is 19.1. The summed E-state index contributed by atoms with van der Waals surface area (Å²) < 4.78 is 24.0. The number of hydrogen-bond donors (Lipinski definition) is 0. The lowest BCUT2D eigenvalue weighted by molar-refractivity contribution is -0.384. The van der Waals surface area contributed by atoms with E-state index < -0.39 is 10.9 Å². The van der Waals surface area contributed by atoms with Crippen LogP contribution in [0.15, 0.2) is 83.5 Å². The molecule has 0 spiro atoms. The normalized spacial score (nSPS) is 14.3. The fourth-order valence-corrected chi connectivity index (χ4v) is 2.87. The SMILES string of the molecule is O=C1OC(c2ccc([N+](=O)[O-])cc2)=N/C1=C\c1ccc(OCc2cccc(F)c2)cc1. The van der Waals surface area contributed by atoms with Crippen LogP contribution in [0.3, 0.4) is 0 Å². The molecule has 0 amide bonds. The molecule has 0 radical (unpaired) electrons. The van der Waals surface area contributed by atoms with Gasteiger partial charge in [-0.15, -0.1) is 0 Å². The molecule has 0 bridgehead atoms. The number of nitro groups is 1. The first-order chi connectivity index (χ1) is 15.0. The summed E-state index contributed by atoms with van der Waals surface area (Å²) in [7, 11) is 0. The Bertz CT molecular complexity index is 1200. The molecule has 1 aliphatic rings. The Morgan fingerprint density at radius 3 is 2.48 bits per heavy atom. The van der Waals surface area contributed by atoms with Gasteiger partial charge in [-0.25, -0.2) is 14.2 Å². The van der Waals surface area contributed by atoms with E-state index in [2.05, 4.69) is 4.99 Å². The van der Waals surface area contributed by atoms with Crippen LogP contribution in [0.2, 0.25) is 0 Å². The molecule has 4 rings (SSSR count). The summed E-state index contributed by atoms with van der Waals surface area (Å²) in [6.07, 6.45) is 1.57. The number of ether oxygens (including phenoxy) is 2. The van der Waals surface area contributed by atoms with Crippen molar-refractivity contribution in [3.05, 3.63) is 111 Å². The standard InChI is InChI=1S/C23H15FN2O5/c24-18-3-1-2-16(12-18)14-30-20-10-4-15(5-11-20)13-21-23(27)31-22(25-21)17-6-8-19(9-7-17)26(28)29/h1-13H,14H2/b21-13-. The van der Waals surface area contributed by atoms with Crippen molar-refractivity contribution in [3.8, 4) is 5.75 Å². The van der Waals surface area contributed by atoms with E-state index >= 15 is 0 Å². The van der Waals surface area contributed by atoms with Crippen LogP contribution in [0, 0.1) is 15.9 Å². The molecule has 31 heavy (non-hydrogen) atoms. The van der Waals surface area contributed by atoms with Crippen LogP contribution in [0.25, 0.3) is 6.08 Å². The van der Waals surface area contributed by atoms with E-state index in [0.717, 1.165) is 0 Å². The summed E-state index contributed by atoms with van der Waals surface area (Å²) in [5.41, 5.74) is 1.93. The Hall–Kier alpha value is -4.33. The molecule has 0 aromatic heterocycles. The first-order valence-electron chi connectivity index (χ1n) is 9.23. The van der Waals surface area contributed by atoms with Gasteiger partial charge in [-0.3, -0.25) is 10.1 Å². The van der Waals surface area contributed by atoms with Gasteiger partial charge in [0.25, 0.3) is 5.69 Å². The number of rotatable bonds is 6. The highest BCUT2D eigenvalue weighted by Crippen LogP contribution is 2.22. The van der Waals surface area contributed by atoms with E-state index in [1.165, 1.54) is 36.4 Å². The summed E-state index contributed by atoms with van der Waals surface area (Å²) in [6.45, 7) is 0.230. The number of nitrogens with zero attached hydrogens (tertiary/aromatic N) is 2. The lowest BCUT2D eigenvalue weighted by Crippen LogP contribution is -2.05. The number of halogens is 1. The molecule has 0 saturated carbocycles. The van der Waals surface area contributed by atoms with Crippen LogP contribution in [0.4, 0.5) is 10.1 Å². The van der Waals surface area contributed by atoms with E-state index in [0.29, 0.717) is 22.4 Å². The van der Waals surface area contributed by atoms with Crippen molar-refractivity contribution in [2.75, 3.05) is 0 Å². The smallest absolute Gasteiger partial charge is 0.363 e. The second-order valence-corrected chi connectivity index (χ2v) is 6.63. The molecule has 154 valence electrons. The second kappa shape index (κ2) is 8.58. The molecule has 0 aliphatic carbocycles. The molecule has 0 atom stereocenters. The maximum Gasteiger partial charge on any atom is 0.363 e. The average molecular weight is 418 g/mol. The highest BCUT2D eigenvalue weighted by molar-refractivity contribution is 6.12. The molecular weight excluding hydrogens is 403 g/mol. The van der Waals surface area contributed by atoms with Gasteiger partial charge in [0.15, 0.2) is 5.70 Å². The van der Waals surface area contributed by atoms with Gasteiger partial charge < -0.3 is 9.47 Å². The number of cyclic esters (lactones) is 1. The van der Waals surface area contributed by atoms with Crippen molar-refractivity contribution in [3.63, 3.8) is 0 Å². The minimum Gasteiger partial charge on any atom is -0.489 e. The maximum absolute atomic E-state index is 13.2. The summed E-state index contributed by atoms with van der Waals surface area (Å²) in [4.78, 5) is 26.5. The molecule has 0 saturated heterocycles. The van der Waals surface area contributed by atoms with Crippen molar-refractivity contribution < 1.29 is 23.6 Å². The summed E-state index contributed by atoms with van der Waals surface area (Å²) in [5.74, 6) is -0.253. The number of carbonyl (C=O) groups is 1. The zero-order valence-corrected chi connectivity index (χ0v) is 16.0. The van der Waals surface area contributed by atoms with E-state index in [1.807, 2.05) is 0 Å². The number of esters is 1. The number of non-ortho nitro benzene ring substituents is 1. The third-order valence-corrected chi connectivity index (χ3v) is 4.42. The quantitative estimate of drug-likeness (QED) is 0.251. The van der Waals surface area contributed by atoms with Crippen LogP contribution >= 0.6 is 0 Å². The van der Waals surface area contributed by atoms with Crippen molar-refractivity contribution in [2.24, 2.45) is 4.99 Å². The molecule has 0 N–H and O–H groups in total. The molecule has 1 heterocycles. The third-order valence-electron chi connectivity index (χ3n) is 4.42. The van der Waals surface area contributed by atoms with Crippen LogP contribution in [0.5, 0.6) is 5.75 Å². The van der Waals surface area contributed by atoms with Crippen molar-refractivity contribution >= 4 is 23.6 Å². The Morgan fingerprint density at radius 2 is 1.81 bits per heavy atom. The number of carbonyl (C=O) groups excluding carboxylic acids is 1. The largest absolute Gasteiger partial charge is 0.489 e. The summed E-state index contributed by atoms with van der Waals surface area (Å²) in [5, 5.41) is 10.7. The molecule has 3 aromatic carbocycles. The number of nitro benzene ring substituents is 1. The average Bonchev–Trinajstić information content (AvgIpc) is 3.13. The van der Waals surface area contributed by atoms with Gasteiger partial charge >= 0.3 is 5.97 Å². The first-order valence-corrected chi connectivity index (χ1v) is 9.23. The zero-order valence-electron chi connectivity index (χ0n) is 16.0. The van der Waals surface area contributed by atoms with E-state index in [-0.39, 0.29) is 29.7 Å². The highest BCUT2D eigenvalue weighted by Gasteiger charge is 2.24. The number of aliphatic imine (C=N–C) groups is 1. The molecule has 8 heteroatoms. The van der Waals surface area contributed by atoms with Gasteiger partial charge in [0.1, 0.15) is 18.2 Å². The predicted molar refractivity (Wildman–Crippen MR) is 111 cm³/mol. The molecule has 7 nitrogen and oxygen atoms in total. The van der Waals surface area contributed by atoms with Crippen molar-refractivity contribution in [1.82, 2.24) is 0 Å². The zero-order chi connectivity index (χ0) is 21.8. The minimum atomic E-state index is -0.611. The van der Waals surface area contributed by atoms with Crippen LogP contribution < -0.4 is 4.74 Å². The van der Waals surface area contributed by atoms with Crippen LogP contribution in [0.1, 0.15) is 16.7 Å². The fourth-order valence-electron chi connectivity index (χ4n) is 2.87. The lowest BCUT2D eigenvalue weighted by Gasteiger charge is -2.06. The first kappa shape index (κ1) is 20.0. The Labute approximate surface area is 176 Å². The minimum absolute atomic E-state index is 0.0656. The topological polar surface area (TPSA) is 91.0 Å². The predicted octanol–water partition coefficient (Wildman–Crippen LogP) is 4.66. The Kier molecular flexibility index (Phi) is 5.53.